The van der Waals surface area contributed by atoms with Crippen LogP contribution in [0.4, 0.5) is 0 Å². The lowest BCUT2D eigenvalue weighted by atomic mass is 10.2. The van der Waals surface area contributed by atoms with E-state index in [1.54, 1.807) is 24.1 Å². The average molecular weight is 318 g/mol. The van der Waals surface area contributed by atoms with Gasteiger partial charge in [-0.1, -0.05) is 6.42 Å². The van der Waals surface area contributed by atoms with Gasteiger partial charge in [-0.2, -0.15) is 0 Å². The van der Waals surface area contributed by atoms with Gasteiger partial charge >= 0.3 is 0 Å². The Bertz CT molecular complexity index is 540. The average Bonchev–Trinajstić information content (AvgIpc) is 2.41. The van der Waals surface area contributed by atoms with Gasteiger partial charge in [0.15, 0.2) is 9.84 Å². The third-order valence-electron chi connectivity index (χ3n) is 3.00. The van der Waals surface area contributed by atoms with E-state index in [-0.39, 0.29) is 10.8 Å². The van der Waals surface area contributed by atoms with E-state index in [1.807, 2.05) is 0 Å². The van der Waals surface area contributed by atoms with Gasteiger partial charge in [0.25, 0.3) is 5.91 Å². The number of halogens is 1. The lowest BCUT2D eigenvalue weighted by Crippen LogP contribution is -2.27. The van der Waals surface area contributed by atoms with Crippen molar-refractivity contribution < 1.29 is 13.2 Å². The number of alkyl halides is 1. The highest BCUT2D eigenvalue weighted by Gasteiger charge is 2.13. The summed E-state index contributed by atoms with van der Waals surface area (Å²) in [6, 6.07) is 6.02. The van der Waals surface area contributed by atoms with Crippen LogP contribution < -0.4 is 0 Å². The summed E-state index contributed by atoms with van der Waals surface area (Å²) in [5.74, 6) is 0.542. The summed E-state index contributed by atoms with van der Waals surface area (Å²) >= 11 is 5.60. The Morgan fingerprint density at radius 2 is 1.75 bits per heavy atom. The Labute approximate surface area is 125 Å². The molecule has 0 spiro atoms. The predicted molar refractivity (Wildman–Crippen MR) is 81.1 cm³/mol. The summed E-state index contributed by atoms with van der Waals surface area (Å²) in [4.78, 5) is 14.0. The van der Waals surface area contributed by atoms with Crippen molar-refractivity contribution in [3.05, 3.63) is 29.8 Å². The molecule has 6 heteroatoms. The van der Waals surface area contributed by atoms with Crippen molar-refractivity contribution in [1.29, 1.82) is 0 Å². The van der Waals surface area contributed by atoms with E-state index in [9.17, 15) is 13.2 Å². The van der Waals surface area contributed by atoms with Gasteiger partial charge in [0.2, 0.25) is 0 Å². The van der Waals surface area contributed by atoms with E-state index >= 15 is 0 Å². The summed E-state index contributed by atoms with van der Waals surface area (Å²) in [5.41, 5.74) is 0.497. The van der Waals surface area contributed by atoms with E-state index in [1.165, 1.54) is 12.1 Å². The number of nitrogens with zero attached hydrogens (tertiary/aromatic N) is 1. The summed E-state index contributed by atoms with van der Waals surface area (Å²) in [6.07, 6.45) is 4.00. The summed E-state index contributed by atoms with van der Waals surface area (Å²) < 4.78 is 22.7. The van der Waals surface area contributed by atoms with Crippen molar-refractivity contribution in [3.8, 4) is 0 Å². The fraction of sp³-hybridized carbons (Fsp3) is 0.500. The Balaban J connectivity index is 2.63. The second-order valence-corrected chi connectivity index (χ2v) is 7.17. The zero-order valence-electron chi connectivity index (χ0n) is 11.8. The SMILES string of the molecule is CN(CCCCCCl)C(=O)c1ccc(S(C)(=O)=O)cc1. The molecule has 0 fully saturated rings. The number of sulfone groups is 1. The van der Waals surface area contributed by atoms with Gasteiger partial charge in [-0.25, -0.2) is 8.42 Å². The molecule has 1 amide bonds. The third-order valence-corrected chi connectivity index (χ3v) is 4.40. The fourth-order valence-electron chi connectivity index (χ4n) is 1.79. The van der Waals surface area contributed by atoms with E-state index in [0.29, 0.717) is 18.0 Å². The highest BCUT2D eigenvalue weighted by Crippen LogP contribution is 2.12. The molecule has 1 rings (SSSR count). The van der Waals surface area contributed by atoms with Crippen LogP contribution >= 0.6 is 11.6 Å². The van der Waals surface area contributed by atoms with Crippen LogP contribution in [0, 0.1) is 0 Å². The lowest BCUT2D eigenvalue weighted by molar-refractivity contribution is 0.0792. The maximum absolute atomic E-state index is 12.1. The molecule has 1 aromatic rings. The van der Waals surface area contributed by atoms with E-state index < -0.39 is 9.84 Å². The standard InChI is InChI=1S/C14H20ClNO3S/c1-16(11-5-3-4-10-15)14(17)12-6-8-13(9-7-12)20(2,18)19/h6-9H,3-5,10-11H2,1-2H3. The van der Waals surface area contributed by atoms with Gasteiger partial charge in [0, 0.05) is 31.3 Å². The topological polar surface area (TPSA) is 54.5 Å². The first-order valence-corrected chi connectivity index (χ1v) is 8.90. The number of hydrogen-bond donors (Lipinski definition) is 0. The quantitative estimate of drug-likeness (QED) is 0.573. The summed E-state index contributed by atoms with van der Waals surface area (Å²) in [6.45, 7) is 0.670. The zero-order valence-corrected chi connectivity index (χ0v) is 13.4. The Hall–Kier alpha value is -1.07. The third kappa shape index (κ3) is 5.13. The van der Waals surface area contributed by atoms with E-state index in [4.69, 9.17) is 11.6 Å². The number of unbranched alkanes of at least 4 members (excludes halogenated alkanes) is 2. The van der Waals surface area contributed by atoms with Crippen LogP contribution in [0.25, 0.3) is 0 Å². The smallest absolute Gasteiger partial charge is 0.253 e. The molecule has 0 radical (unpaired) electrons. The number of carbonyl (C=O) groups is 1. The normalized spacial score (nSPS) is 11.3. The van der Waals surface area contributed by atoms with Gasteiger partial charge < -0.3 is 4.90 Å². The Morgan fingerprint density at radius 3 is 2.25 bits per heavy atom. The van der Waals surface area contributed by atoms with Crippen LogP contribution in [-0.2, 0) is 9.84 Å². The first kappa shape index (κ1) is 17.0. The zero-order chi connectivity index (χ0) is 15.2. The van der Waals surface area contributed by atoms with Gasteiger partial charge in [0.1, 0.15) is 0 Å². The molecule has 0 N–H and O–H groups in total. The first-order chi connectivity index (χ1) is 9.36. The molecule has 1 aromatic carbocycles. The second kappa shape index (κ2) is 7.64. The maximum atomic E-state index is 12.1. The van der Waals surface area contributed by atoms with Crippen LogP contribution in [-0.4, -0.2) is 45.0 Å². The molecule has 0 saturated carbocycles. The van der Waals surface area contributed by atoms with Gasteiger partial charge in [-0.3, -0.25) is 4.79 Å². The molecule has 20 heavy (non-hydrogen) atoms. The molecular weight excluding hydrogens is 298 g/mol. The lowest BCUT2D eigenvalue weighted by Gasteiger charge is -2.17. The van der Waals surface area contributed by atoms with Crippen LogP contribution in [0.15, 0.2) is 29.2 Å². The van der Waals surface area contributed by atoms with E-state index in [0.717, 1.165) is 25.5 Å². The van der Waals surface area contributed by atoms with E-state index in [2.05, 4.69) is 0 Å². The molecule has 4 nitrogen and oxygen atoms in total. The number of amides is 1. The molecule has 0 aliphatic rings. The molecule has 0 unspecified atom stereocenters. The molecule has 0 heterocycles. The number of hydrogen-bond acceptors (Lipinski definition) is 3. The largest absolute Gasteiger partial charge is 0.342 e. The number of carbonyl (C=O) groups excluding carboxylic acids is 1. The number of rotatable bonds is 7. The summed E-state index contributed by atoms with van der Waals surface area (Å²) in [7, 11) is -1.48. The maximum Gasteiger partial charge on any atom is 0.253 e. The molecule has 0 aliphatic heterocycles. The van der Waals surface area contributed by atoms with Gasteiger partial charge in [-0.05, 0) is 37.1 Å². The second-order valence-electron chi connectivity index (χ2n) is 4.77. The van der Waals surface area contributed by atoms with Crippen molar-refractivity contribution in [1.82, 2.24) is 4.90 Å². The van der Waals surface area contributed by atoms with Crippen LogP contribution in [0.1, 0.15) is 29.6 Å². The van der Waals surface area contributed by atoms with Crippen LogP contribution in [0.2, 0.25) is 0 Å². The van der Waals surface area contributed by atoms with Crippen molar-refractivity contribution in [3.63, 3.8) is 0 Å². The van der Waals surface area contributed by atoms with Crippen LogP contribution in [0.3, 0.4) is 0 Å². The van der Waals surface area contributed by atoms with Crippen molar-refractivity contribution >= 4 is 27.3 Å². The molecule has 0 aliphatic carbocycles. The van der Waals surface area contributed by atoms with Gasteiger partial charge in [0.05, 0.1) is 4.90 Å². The minimum absolute atomic E-state index is 0.101. The minimum Gasteiger partial charge on any atom is -0.342 e. The van der Waals surface area contributed by atoms with Gasteiger partial charge in [-0.15, -0.1) is 11.6 Å². The highest BCUT2D eigenvalue weighted by molar-refractivity contribution is 7.90. The van der Waals surface area contributed by atoms with Crippen molar-refractivity contribution in [2.24, 2.45) is 0 Å². The van der Waals surface area contributed by atoms with Crippen molar-refractivity contribution in [2.45, 2.75) is 24.2 Å². The molecular formula is C14H20ClNO3S. The monoisotopic (exact) mass is 317 g/mol. The van der Waals surface area contributed by atoms with Crippen LogP contribution in [0.5, 0.6) is 0 Å². The highest BCUT2D eigenvalue weighted by atomic mass is 35.5. The Morgan fingerprint density at radius 1 is 1.15 bits per heavy atom. The molecule has 112 valence electrons. The molecule has 0 atom stereocenters. The number of benzene rings is 1. The summed E-state index contributed by atoms with van der Waals surface area (Å²) in [5, 5.41) is 0. The Kier molecular flexibility index (Phi) is 6.49. The first-order valence-electron chi connectivity index (χ1n) is 6.48. The molecule has 0 aromatic heterocycles. The fourth-order valence-corrected chi connectivity index (χ4v) is 2.61. The minimum atomic E-state index is -3.22. The molecule has 0 saturated heterocycles. The predicted octanol–water partition coefficient (Wildman–Crippen LogP) is 2.57. The molecule has 0 bridgehead atoms. The van der Waals surface area contributed by atoms with Crippen molar-refractivity contribution in [2.75, 3.05) is 25.7 Å².